The van der Waals surface area contributed by atoms with Crippen LogP contribution in [0, 0.1) is 0 Å². The Hall–Kier alpha value is -0.610. The minimum Gasteiger partial charge on any atom is -0.383 e. The molecule has 0 N–H and O–H groups in total. The lowest BCUT2D eigenvalue weighted by Gasteiger charge is -2.17. The Balaban J connectivity index is 4.03. The van der Waals surface area contributed by atoms with Gasteiger partial charge in [0.25, 0.3) is 0 Å². The smallest absolute Gasteiger partial charge is 0.122 e. The molecule has 0 unspecified atom stereocenters. The molecule has 0 aliphatic heterocycles. The number of allylic oxidation sites excluding steroid dienone is 1. The molecule has 0 fully saturated rings. The number of hydrogen-bond acceptors (Lipinski definition) is 3. The van der Waals surface area contributed by atoms with Crippen LogP contribution in [0.15, 0.2) is 30.0 Å². The molecule has 0 amide bonds. The zero-order chi connectivity index (χ0) is 10.3. The van der Waals surface area contributed by atoms with E-state index in [1.807, 2.05) is 11.9 Å². The minimum atomic E-state index is 0.663. The van der Waals surface area contributed by atoms with Gasteiger partial charge in [0.05, 0.1) is 6.61 Å². The maximum absolute atomic E-state index is 4.93. The fraction of sp³-hybridized carbons (Fsp3) is 0.444. The molecule has 13 heavy (non-hydrogen) atoms. The van der Waals surface area contributed by atoms with E-state index in [-0.39, 0.29) is 0 Å². The minimum absolute atomic E-state index is 0.663. The highest BCUT2D eigenvalue weighted by Crippen LogP contribution is 2.03. The van der Waals surface area contributed by atoms with Gasteiger partial charge < -0.3 is 9.64 Å². The van der Waals surface area contributed by atoms with Gasteiger partial charge in [-0.3, -0.25) is 0 Å². The van der Waals surface area contributed by atoms with Gasteiger partial charge in [0, 0.05) is 20.7 Å². The highest BCUT2D eigenvalue weighted by molar-refractivity contribution is 9.18. The van der Waals surface area contributed by atoms with Crippen molar-refractivity contribution in [2.45, 2.75) is 0 Å². The molecule has 0 spiro atoms. The summed E-state index contributed by atoms with van der Waals surface area (Å²) in [6.07, 6.45) is 1.62. The zero-order valence-corrected chi connectivity index (χ0v) is 9.67. The molecule has 0 bridgehead atoms. The number of hydrogen-bond donors (Lipinski definition) is 0. The predicted molar refractivity (Wildman–Crippen MR) is 60.2 cm³/mol. The number of ether oxygens (including phenoxy) is 1. The molecule has 0 saturated carbocycles. The number of likely N-dealkylation sites (N-methyl/N-ethyl adjacent to an activating group) is 1. The van der Waals surface area contributed by atoms with Gasteiger partial charge in [-0.2, -0.15) is 0 Å². The largest absolute Gasteiger partial charge is 0.383 e. The molecule has 0 rings (SSSR count). The van der Waals surface area contributed by atoms with Gasteiger partial charge in [-0.25, -0.2) is 4.99 Å². The van der Waals surface area contributed by atoms with E-state index in [0.29, 0.717) is 17.0 Å². The fourth-order valence-electron chi connectivity index (χ4n) is 0.612. The first-order valence-corrected chi connectivity index (χ1v) is 4.66. The lowest BCUT2D eigenvalue weighted by molar-refractivity contribution is 0.173. The van der Waals surface area contributed by atoms with Crippen molar-refractivity contribution in [1.29, 1.82) is 0 Å². The van der Waals surface area contributed by atoms with Crippen LogP contribution in [0.5, 0.6) is 0 Å². The van der Waals surface area contributed by atoms with Gasteiger partial charge in [0.2, 0.25) is 0 Å². The highest BCUT2D eigenvalue weighted by Gasteiger charge is 1.99. The van der Waals surface area contributed by atoms with E-state index in [9.17, 15) is 0 Å². The lowest BCUT2D eigenvalue weighted by atomic mass is 10.5. The molecule has 0 aromatic heterocycles. The molecule has 0 aromatic carbocycles. The van der Waals surface area contributed by atoms with Gasteiger partial charge in [-0.15, -0.1) is 0 Å². The molecular weight excluding hydrogens is 232 g/mol. The van der Waals surface area contributed by atoms with Crippen molar-refractivity contribution in [2.24, 2.45) is 4.99 Å². The van der Waals surface area contributed by atoms with Crippen LogP contribution in [0.2, 0.25) is 0 Å². The molecule has 0 heterocycles. The van der Waals surface area contributed by atoms with Crippen LogP contribution in [-0.2, 0) is 4.74 Å². The Bertz CT molecular complexity index is 214. The summed E-state index contributed by atoms with van der Waals surface area (Å²) in [5.74, 6) is 0.684. The van der Waals surface area contributed by atoms with Crippen LogP contribution in [0.3, 0.4) is 0 Å². The molecule has 0 saturated heterocycles. The van der Waals surface area contributed by atoms with Gasteiger partial charge in [0.15, 0.2) is 0 Å². The first-order chi connectivity index (χ1) is 6.11. The number of methoxy groups -OCH3 is 1. The summed E-state index contributed by atoms with van der Waals surface area (Å²) in [6, 6.07) is 0. The molecule has 4 heteroatoms. The van der Waals surface area contributed by atoms with Crippen LogP contribution in [0.25, 0.3) is 0 Å². The van der Waals surface area contributed by atoms with E-state index in [2.05, 4.69) is 34.1 Å². The second kappa shape index (κ2) is 6.86. The van der Waals surface area contributed by atoms with Gasteiger partial charge in [-0.05, 0) is 22.0 Å². The van der Waals surface area contributed by atoms with Crippen molar-refractivity contribution >= 4 is 20.6 Å². The summed E-state index contributed by atoms with van der Waals surface area (Å²) >= 11 is 3.23. The summed E-state index contributed by atoms with van der Waals surface area (Å²) in [6.45, 7) is 8.81. The van der Waals surface area contributed by atoms with Crippen molar-refractivity contribution < 1.29 is 4.74 Å². The molecule has 0 aliphatic carbocycles. The maximum atomic E-state index is 4.93. The van der Waals surface area contributed by atoms with Crippen molar-refractivity contribution in [1.82, 2.24) is 4.90 Å². The van der Waals surface area contributed by atoms with Gasteiger partial charge in [-0.1, -0.05) is 13.2 Å². The first-order valence-electron chi connectivity index (χ1n) is 3.87. The normalized spacial score (nSPS) is 11.2. The topological polar surface area (TPSA) is 24.8 Å². The number of rotatable bonds is 6. The molecule has 3 nitrogen and oxygen atoms in total. The van der Waals surface area contributed by atoms with Gasteiger partial charge >= 0.3 is 0 Å². The van der Waals surface area contributed by atoms with Crippen LogP contribution in [0.4, 0.5) is 0 Å². The van der Waals surface area contributed by atoms with E-state index in [1.54, 1.807) is 13.2 Å². The van der Waals surface area contributed by atoms with Crippen LogP contribution >= 0.6 is 15.9 Å². The van der Waals surface area contributed by atoms with Crippen LogP contribution in [0.1, 0.15) is 0 Å². The molecule has 0 atom stereocenters. The van der Waals surface area contributed by atoms with E-state index in [0.717, 1.165) is 6.54 Å². The summed E-state index contributed by atoms with van der Waals surface area (Å²) in [5, 5.41) is 0. The SMILES string of the molecule is C=C/C(Br)=N\C(=C)N(C)CCOC. The van der Waals surface area contributed by atoms with Crippen LogP contribution in [-0.4, -0.2) is 36.8 Å². The van der Waals surface area contributed by atoms with E-state index in [1.165, 1.54) is 0 Å². The van der Waals surface area contributed by atoms with Crippen LogP contribution < -0.4 is 0 Å². The average Bonchev–Trinajstić information content (AvgIpc) is 2.13. The Kier molecular flexibility index (Phi) is 6.54. The summed E-state index contributed by atoms with van der Waals surface area (Å²) in [7, 11) is 3.58. The third kappa shape index (κ3) is 5.60. The van der Waals surface area contributed by atoms with Crippen molar-refractivity contribution in [3.8, 4) is 0 Å². The molecular formula is C9H15BrN2O. The zero-order valence-electron chi connectivity index (χ0n) is 8.09. The van der Waals surface area contributed by atoms with Crippen molar-refractivity contribution in [3.63, 3.8) is 0 Å². The van der Waals surface area contributed by atoms with E-state index >= 15 is 0 Å². The van der Waals surface area contributed by atoms with Gasteiger partial charge in [0.1, 0.15) is 10.4 Å². The van der Waals surface area contributed by atoms with E-state index < -0.39 is 0 Å². The van der Waals surface area contributed by atoms with Crippen molar-refractivity contribution in [3.05, 3.63) is 25.1 Å². The number of nitrogens with zero attached hydrogens (tertiary/aromatic N) is 2. The molecule has 0 radical (unpaired) electrons. The quantitative estimate of drug-likeness (QED) is 0.671. The predicted octanol–water partition coefficient (Wildman–Crippen LogP) is 2.02. The summed E-state index contributed by atoms with van der Waals surface area (Å²) in [4.78, 5) is 6.05. The molecule has 0 aliphatic rings. The Morgan fingerprint density at radius 1 is 1.69 bits per heavy atom. The number of aliphatic imine (C=N–C) groups is 1. The Morgan fingerprint density at radius 3 is 2.77 bits per heavy atom. The standard InChI is InChI=1S/C9H15BrN2O/c1-5-9(10)11-8(2)12(3)6-7-13-4/h5H,1-2,6-7H2,3-4H3/b11-9+. The Morgan fingerprint density at radius 2 is 2.31 bits per heavy atom. The average molecular weight is 247 g/mol. The second-order valence-corrected chi connectivity index (χ2v) is 3.28. The second-order valence-electron chi connectivity index (χ2n) is 2.47. The highest BCUT2D eigenvalue weighted by atomic mass is 79.9. The van der Waals surface area contributed by atoms with Crippen molar-refractivity contribution in [2.75, 3.05) is 27.3 Å². The first kappa shape index (κ1) is 12.4. The monoisotopic (exact) mass is 246 g/mol. The third-order valence-corrected chi connectivity index (χ3v) is 1.98. The fourth-order valence-corrected chi connectivity index (χ4v) is 0.816. The Labute approximate surface area is 87.9 Å². The summed E-state index contributed by atoms with van der Waals surface area (Å²) < 4.78 is 5.61. The lowest BCUT2D eigenvalue weighted by Crippen LogP contribution is -2.21. The van der Waals surface area contributed by atoms with E-state index in [4.69, 9.17) is 4.74 Å². The maximum Gasteiger partial charge on any atom is 0.122 e. The molecule has 74 valence electrons. The third-order valence-electron chi connectivity index (χ3n) is 1.48. The molecule has 0 aromatic rings. The summed E-state index contributed by atoms with van der Waals surface area (Å²) in [5.41, 5.74) is 0. The number of halogens is 1.